The maximum Gasteiger partial charge on any atom is 0.307 e. The fraction of sp³-hybridized carbons (Fsp3) is 0.467. The standard InChI is InChI=1S/C15H21NO4/c1-3-4-10-16(11-9-15(18)19-2)14(17)8-7-13-6-5-12-20-13/h5-8,12H,3-4,9-11H2,1-2H3/b8-7+. The van der Waals surface area contributed by atoms with Gasteiger partial charge in [-0.15, -0.1) is 0 Å². The Labute approximate surface area is 119 Å². The van der Waals surface area contributed by atoms with E-state index in [1.165, 1.54) is 13.2 Å². The Kier molecular flexibility index (Phi) is 7.17. The van der Waals surface area contributed by atoms with Gasteiger partial charge in [0.2, 0.25) is 5.91 Å². The van der Waals surface area contributed by atoms with Crippen molar-refractivity contribution in [2.24, 2.45) is 0 Å². The molecule has 1 heterocycles. The first kappa shape index (κ1) is 16.0. The van der Waals surface area contributed by atoms with Crippen LogP contribution >= 0.6 is 0 Å². The number of hydrogen-bond donors (Lipinski definition) is 0. The van der Waals surface area contributed by atoms with E-state index in [2.05, 4.69) is 11.7 Å². The van der Waals surface area contributed by atoms with Gasteiger partial charge in [0, 0.05) is 19.2 Å². The molecule has 5 heteroatoms. The average Bonchev–Trinajstić information content (AvgIpc) is 2.97. The number of carbonyl (C=O) groups is 2. The van der Waals surface area contributed by atoms with Crippen LogP contribution in [-0.2, 0) is 14.3 Å². The molecule has 1 amide bonds. The number of methoxy groups -OCH3 is 1. The average molecular weight is 279 g/mol. The van der Waals surface area contributed by atoms with Crippen LogP contribution in [0.5, 0.6) is 0 Å². The lowest BCUT2D eigenvalue weighted by atomic mass is 10.2. The van der Waals surface area contributed by atoms with E-state index < -0.39 is 0 Å². The number of unbranched alkanes of at least 4 members (excludes halogenated alkanes) is 1. The summed E-state index contributed by atoms with van der Waals surface area (Å²) in [5, 5.41) is 0. The number of nitrogens with zero attached hydrogens (tertiary/aromatic N) is 1. The number of furan rings is 1. The lowest BCUT2D eigenvalue weighted by Crippen LogP contribution is -2.32. The highest BCUT2D eigenvalue weighted by atomic mass is 16.5. The Hall–Kier alpha value is -2.04. The number of ether oxygens (including phenoxy) is 1. The van der Waals surface area contributed by atoms with Crippen molar-refractivity contribution in [2.45, 2.75) is 26.2 Å². The van der Waals surface area contributed by atoms with Crippen LogP contribution in [0.25, 0.3) is 6.08 Å². The van der Waals surface area contributed by atoms with Crippen molar-refractivity contribution in [3.63, 3.8) is 0 Å². The number of esters is 1. The van der Waals surface area contributed by atoms with Gasteiger partial charge in [-0.3, -0.25) is 9.59 Å². The first-order valence-electron chi connectivity index (χ1n) is 6.74. The molecule has 0 unspecified atom stereocenters. The summed E-state index contributed by atoms with van der Waals surface area (Å²) < 4.78 is 9.72. The summed E-state index contributed by atoms with van der Waals surface area (Å²) in [5.41, 5.74) is 0. The summed E-state index contributed by atoms with van der Waals surface area (Å²) in [4.78, 5) is 24.9. The van der Waals surface area contributed by atoms with E-state index in [9.17, 15) is 9.59 Å². The zero-order valence-electron chi connectivity index (χ0n) is 12.0. The van der Waals surface area contributed by atoms with E-state index in [1.54, 1.807) is 29.4 Å². The van der Waals surface area contributed by atoms with Crippen LogP contribution in [0.15, 0.2) is 28.9 Å². The topological polar surface area (TPSA) is 59.8 Å². The van der Waals surface area contributed by atoms with Crippen LogP contribution in [0.3, 0.4) is 0 Å². The van der Waals surface area contributed by atoms with Gasteiger partial charge in [0.15, 0.2) is 0 Å². The molecule has 5 nitrogen and oxygen atoms in total. The minimum Gasteiger partial charge on any atom is -0.469 e. The number of amides is 1. The Morgan fingerprint density at radius 2 is 2.20 bits per heavy atom. The van der Waals surface area contributed by atoms with Gasteiger partial charge in [0.05, 0.1) is 19.8 Å². The fourth-order valence-corrected chi connectivity index (χ4v) is 1.65. The van der Waals surface area contributed by atoms with Gasteiger partial charge in [-0.25, -0.2) is 0 Å². The molecule has 110 valence electrons. The molecule has 0 saturated carbocycles. The number of rotatable bonds is 8. The van der Waals surface area contributed by atoms with Crippen molar-refractivity contribution in [3.05, 3.63) is 30.2 Å². The molecule has 20 heavy (non-hydrogen) atoms. The largest absolute Gasteiger partial charge is 0.469 e. The second-order valence-corrected chi connectivity index (χ2v) is 4.35. The SMILES string of the molecule is CCCCN(CCC(=O)OC)C(=O)/C=C/c1ccco1. The third-order valence-electron chi connectivity index (χ3n) is 2.84. The van der Waals surface area contributed by atoms with Crippen LogP contribution in [0.2, 0.25) is 0 Å². The predicted molar refractivity (Wildman–Crippen MR) is 75.9 cm³/mol. The third kappa shape index (κ3) is 5.73. The van der Waals surface area contributed by atoms with Crippen LogP contribution in [0, 0.1) is 0 Å². The molecule has 0 fully saturated rings. The molecule has 0 atom stereocenters. The molecule has 1 aromatic heterocycles. The smallest absolute Gasteiger partial charge is 0.307 e. The van der Waals surface area contributed by atoms with E-state index in [0.717, 1.165) is 12.8 Å². The highest BCUT2D eigenvalue weighted by molar-refractivity contribution is 5.91. The van der Waals surface area contributed by atoms with Crippen molar-refractivity contribution < 1.29 is 18.7 Å². The first-order valence-corrected chi connectivity index (χ1v) is 6.74. The maximum absolute atomic E-state index is 12.1. The zero-order valence-corrected chi connectivity index (χ0v) is 12.0. The highest BCUT2D eigenvalue weighted by Crippen LogP contribution is 2.05. The molecular weight excluding hydrogens is 258 g/mol. The highest BCUT2D eigenvalue weighted by Gasteiger charge is 2.12. The Morgan fingerprint density at radius 1 is 1.40 bits per heavy atom. The molecule has 1 aromatic rings. The maximum atomic E-state index is 12.1. The summed E-state index contributed by atoms with van der Waals surface area (Å²) in [5.74, 6) is 0.190. The normalized spacial score (nSPS) is 10.7. The third-order valence-corrected chi connectivity index (χ3v) is 2.84. The fourth-order valence-electron chi connectivity index (χ4n) is 1.65. The van der Waals surface area contributed by atoms with Crippen LogP contribution in [0.1, 0.15) is 31.9 Å². The second kappa shape index (κ2) is 8.96. The molecule has 0 N–H and O–H groups in total. The van der Waals surface area contributed by atoms with Crippen molar-refractivity contribution in [3.8, 4) is 0 Å². The molecule has 0 aliphatic carbocycles. The number of carbonyl (C=O) groups excluding carboxylic acids is 2. The molecule has 0 saturated heterocycles. The van der Waals surface area contributed by atoms with Crippen molar-refractivity contribution >= 4 is 18.0 Å². The van der Waals surface area contributed by atoms with Crippen LogP contribution in [0.4, 0.5) is 0 Å². The van der Waals surface area contributed by atoms with Gasteiger partial charge < -0.3 is 14.1 Å². The van der Waals surface area contributed by atoms with E-state index in [1.807, 2.05) is 0 Å². The van der Waals surface area contributed by atoms with Gasteiger partial charge in [-0.1, -0.05) is 13.3 Å². The zero-order chi connectivity index (χ0) is 14.8. The quantitative estimate of drug-likeness (QED) is 0.542. The summed E-state index contributed by atoms with van der Waals surface area (Å²) in [6, 6.07) is 3.53. The van der Waals surface area contributed by atoms with Crippen molar-refractivity contribution in [2.75, 3.05) is 20.2 Å². The second-order valence-electron chi connectivity index (χ2n) is 4.35. The Morgan fingerprint density at radius 3 is 2.80 bits per heavy atom. The molecular formula is C15H21NO4. The lowest BCUT2D eigenvalue weighted by Gasteiger charge is -2.20. The predicted octanol–water partition coefficient (Wildman–Crippen LogP) is 2.48. The van der Waals surface area contributed by atoms with Gasteiger partial charge in [-0.2, -0.15) is 0 Å². The van der Waals surface area contributed by atoms with E-state index in [0.29, 0.717) is 18.8 Å². The molecule has 0 spiro atoms. The summed E-state index contributed by atoms with van der Waals surface area (Å²) in [7, 11) is 1.34. The molecule has 0 aliphatic rings. The summed E-state index contributed by atoms with van der Waals surface area (Å²) in [6.07, 6.45) is 6.74. The van der Waals surface area contributed by atoms with Crippen LogP contribution < -0.4 is 0 Å². The molecule has 0 radical (unpaired) electrons. The summed E-state index contributed by atoms with van der Waals surface area (Å²) >= 11 is 0. The van der Waals surface area contributed by atoms with E-state index in [-0.39, 0.29) is 18.3 Å². The summed E-state index contributed by atoms with van der Waals surface area (Å²) in [6.45, 7) is 3.06. The molecule has 0 aliphatic heterocycles. The van der Waals surface area contributed by atoms with Gasteiger partial charge >= 0.3 is 5.97 Å². The lowest BCUT2D eigenvalue weighted by molar-refractivity contribution is -0.141. The minimum atomic E-state index is -0.311. The molecule has 0 aromatic carbocycles. The minimum absolute atomic E-state index is 0.126. The van der Waals surface area contributed by atoms with Gasteiger partial charge in [0.25, 0.3) is 0 Å². The van der Waals surface area contributed by atoms with Gasteiger partial charge in [-0.05, 0) is 24.6 Å². The Balaban J connectivity index is 2.56. The monoisotopic (exact) mass is 279 g/mol. The Bertz CT molecular complexity index is 437. The van der Waals surface area contributed by atoms with Crippen molar-refractivity contribution in [1.82, 2.24) is 4.90 Å². The first-order chi connectivity index (χ1) is 9.67. The number of hydrogen-bond acceptors (Lipinski definition) is 4. The molecule has 1 rings (SSSR count). The molecule has 0 bridgehead atoms. The van der Waals surface area contributed by atoms with Crippen LogP contribution in [-0.4, -0.2) is 37.0 Å². The van der Waals surface area contributed by atoms with E-state index >= 15 is 0 Å². The van der Waals surface area contributed by atoms with Crippen molar-refractivity contribution in [1.29, 1.82) is 0 Å². The van der Waals surface area contributed by atoms with E-state index in [4.69, 9.17) is 4.42 Å². The van der Waals surface area contributed by atoms with Gasteiger partial charge in [0.1, 0.15) is 5.76 Å².